The lowest BCUT2D eigenvalue weighted by atomic mass is 10.1. The Labute approximate surface area is 211 Å². The summed E-state index contributed by atoms with van der Waals surface area (Å²) in [7, 11) is -3.15. The first-order valence-electron chi connectivity index (χ1n) is 11.4. The molecule has 0 saturated carbocycles. The van der Waals surface area contributed by atoms with E-state index in [1.165, 1.54) is 23.0 Å². The van der Waals surface area contributed by atoms with Crippen molar-refractivity contribution in [2.45, 2.75) is 51.1 Å². The van der Waals surface area contributed by atoms with Crippen LogP contribution in [0.4, 0.5) is 14.7 Å². The van der Waals surface area contributed by atoms with Crippen molar-refractivity contribution in [2.24, 2.45) is 0 Å². The van der Waals surface area contributed by atoms with E-state index in [2.05, 4.69) is 25.0 Å². The van der Waals surface area contributed by atoms with Crippen LogP contribution in [0.3, 0.4) is 0 Å². The molecule has 3 aromatic rings. The number of hydrogen-bond donors (Lipinski definition) is 3. The van der Waals surface area contributed by atoms with Gasteiger partial charge in [0, 0.05) is 12.8 Å². The minimum atomic E-state index is -3.15. The second-order valence-corrected chi connectivity index (χ2v) is 10.9. The van der Waals surface area contributed by atoms with Crippen molar-refractivity contribution < 1.29 is 41.6 Å². The summed E-state index contributed by atoms with van der Waals surface area (Å²) < 4.78 is 65.1. The van der Waals surface area contributed by atoms with E-state index in [1.807, 2.05) is 0 Å². The van der Waals surface area contributed by atoms with Crippen LogP contribution in [0.25, 0.3) is 11.2 Å². The molecular weight excluding hydrogens is 516 g/mol. The molecule has 3 N–H and O–H groups in total. The van der Waals surface area contributed by atoms with Gasteiger partial charge in [-0.05, 0) is 31.0 Å². The zero-order valence-electron chi connectivity index (χ0n) is 20.0. The second kappa shape index (κ2) is 11.1. The van der Waals surface area contributed by atoms with Crippen molar-refractivity contribution >= 4 is 26.9 Å². The van der Waals surface area contributed by atoms with Gasteiger partial charge in [-0.2, -0.15) is 13.8 Å². The van der Waals surface area contributed by atoms with E-state index in [1.54, 1.807) is 19.1 Å². The Bertz CT molecular complexity index is 1320. The number of aromatic nitrogens is 4. The summed E-state index contributed by atoms with van der Waals surface area (Å²) in [5.41, 5.74) is 1.13. The Morgan fingerprint density at radius 1 is 1.19 bits per heavy atom. The summed E-state index contributed by atoms with van der Waals surface area (Å²) in [5.74, 6) is 0.304. The Morgan fingerprint density at radius 3 is 2.54 bits per heavy atom. The van der Waals surface area contributed by atoms with E-state index in [4.69, 9.17) is 9.47 Å². The summed E-state index contributed by atoms with van der Waals surface area (Å²) in [6.07, 6.45) is -1.43. The van der Waals surface area contributed by atoms with Gasteiger partial charge in [-0.25, -0.2) is 18.4 Å². The smallest absolute Gasteiger partial charge is 0.387 e. The molecule has 15 heteroatoms. The van der Waals surface area contributed by atoms with Gasteiger partial charge in [-0.1, -0.05) is 12.1 Å². The van der Waals surface area contributed by atoms with Crippen LogP contribution in [-0.4, -0.2) is 81.6 Å². The quantitative estimate of drug-likeness (QED) is 0.301. The molecule has 12 nitrogen and oxygen atoms in total. The number of hydrogen-bond acceptors (Lipinski definition) is 11. The van der Waals surface area contributed by atoms with Crippen LogP contribution in [0, 0.1) is 0 Å². The lowest BCUT2D eigenvalue weighted by molar-refractivity contribution is -0.0498. The molecule has 0 unspecified atom stereocenters. The third kappa shape index (κ3) is 6.41. The molecule has 0 radical (unpaired) electrons. The Morgan fingerprint density at radius 2 is 1.92 bits per heavy atom. The molecule has 1 saturated heterocycles. The number of imidazole rings is 1. The largest absolute Gasteiger partial charge is 0.471 e. The van der Waals surface area contributed by atoms with Crippen LogP contribution in [0.5, 0.6) is 11.6 Å². The fraction of sp³-hybridized carbons (Fsp3) is 0.500. The van der Waals surface area contributed by atoms with Crippen molar-refractivity contribution in [3.8, 4) is 11.6 Å². The van der Waals surface area contributed by atoms with Crippen LogP contribution in [0.1, 0.15) is 25.1 Å². The maximum Gasteiger partial charge on any atom is 0.387 e. The number of ether oxygens (including phenoxy) is 3. The molecule has 37 heavy (non-hydrogen) atoms. The molecule has 4 rings (SSSR count). The number of anilines is 1. The van der Waals surface area contributed by atoms with Crippen molar-refractivity contribution in [1.29, 1.82) is 0 Å². The molecule has 3 heterocycles. The second-order valence-electron chi connectivity index (χ2n) is 8.59. The third-order valence-electron chi connectivity index (χ3n) is 5.67. The van der Waals surface area contributed by atoms with E-state index in [9.17, 15) is 27.4 Å². The summed E-state index contributed by atoms with van der Waals surface area (Å²) >= 11 is 0. The number of benzene rings is 1. The molecule has 1 fully saturated rings. The first-order chi connectivity index (χ1) is 17.5. The summed E-state index contributed by atoms with van der Waals surface area (Å²) in [6.45, 7) is -1.03. The number of sulfone groups is 1. The van der Waals surface area contributed by atoms with Crippen LogP contribution in [-0.2, 0) is 21.2 Å². The highest BCUT2D eigenvalue weighted by Gasteiger charge is 2.43. The summed E-state index contributed by atoms with van der Waals surface area (Å²) in [5, 5.41) is 23.9. The van der Waals surface area contributed by atoms with Gasteiger partial charge in [-0.3, -0.25) is 4.57 Å². The Balaban J connectivity index is 1.60. The molecule has 1 aliphatic rings. The first kappa shape index (κ1) is 26.9. The number of nitrogens with one attached hydrogen (secondary N) is 1. The van der Waals surface area contributed by atoms with E-state index in [-0.39, 0.29) is 47.6 Å². The highest BCUT2D eigenvalue weighted by atomic mass is 32.2. The van der Waals surface area contributed by atoms with Crippen molar-refractivity contribution in [3.63, 3.8) is 0 Å². The van der Waals surface area contributed by atoms with E-state index in [0.717, 1.165) is 6.26 Å². The van der Waals surface area contributed by atoms with Gasteiger partial charge in [0.25, 0.3) is 0 Å². The molecule has 0 bridgehead atoms. The van der Waals surface area contributed by atoms with Gasteiger partial charge in [-0.15, -0.1) is 0 Å². The number of aliphatic hydroxyl groups excluding tert-OH is 2. The number of alkyl halides is 2. The molecule has 1 aromatic carbocycles. The average molecular weight is 544 g/mol. The standard InChI is InChI=1S/C22H27F2N5O7S/c1-12-16(30)17(31)20(35-12)29-18-15(28-22(29)25-8-3-9-37(2,32)33)19(27-11-26-18)34-10-13-4-6-14(7-5-13)36-21(23)24/h4-7,11-12,16-17,20-21,30-31H,3,8-10H2,1-2H3,(H,25,28)/t12-,16-,17-,20-/m1/s1. The van der Waals surface area contributed by atoms with Crippen molar-refractivity contribution in [2.75, 3.05) is 23.9 Å². The fourth-order valence-corrected chi connectivity index (χ4v) is 4.52. The van der Waals surface area contributed by atoms with E-state index in [0.29, 0.717) is 12.0 Å². The third-order valence-corrected chi connectivity index (χ3v) is 6.70. The molecule has 202 valence electrons. The first-order valence-corrected chi connectivity index (χ1v) is 13.4. The number of fused-ring (bicyclic) bond motifs is 1. The molecule has 4 atom stereocenters. The maximum atomic E-state index is 12.4. The number of rotatable bonds is 11. The van der Waals surface area contributed by atoms with Crippen molar-refractivity contribution in [1.82, 2.24) is 19.5 Å². The van der Waals surface area contributed by atoms with Crippen molar-refractivity contribution in [3.05, 3.63) is 36.2 Å². The predicted molar refractivity (Wildman–Crippen MR) is 127 cm³/mol. The van der Waals surface area contributed by atoms with Crippen LogP contribution >= 0.6 is 0 Å². The highest BCUT2D eigenvalue weighted by Crippen LogP contribution is 2.36. The molecule has 0 spiro atoms. The predicted octanol–water partition coefficient (Wildman–Crippen LogP) is 1.49. The average Bonchev–Trinajstić information content (AvgIpc) is 3.32. The summed E-state index contributed by atoms with van der Waals surface area (Å²) in [6, 6.07) is 5.90. The van der Waals surface area contributed by atoms with E-state index >= 15 is 0 Å². The molecule has 0 amide bonds. The van der Waals surface area contributed by atoms with Crippen LogP contribution in [0.2, 0.25) is 0 Å². The normalized spacial score (nSPS) is 22.0. The van der Waals surface area contributed by atoms with Gasteiger partial charge in [0.2, 0.25) is 11.8 Å². The summed E-state index contributed by atoms with van der Waals surface area (Å²) in [4.78, 5) is 12.9. The molecular formula is C22H27F2N5O7S. The van der Waals surface area contributed by atoms with Crippen LogP contribution in [0.15, 0.2) is 30.6 Å². The molecule has 1 aliphatic heterocycles. The lowest BCUT2D eigenvalue weighted by Crippen LogP contribution is -2.31. The zero-order valence-corrected chi connectivity index (χ0v) is 20.8. The Kier molecular flexibility index (Phi) is 8.06. The molecule has 2 aromatic heterocycles. The lowest BCUT2D eigenvalue weighted by Gasteiger charge is -2.19. The monoisotopic (exact) mass is 543 g/mol. The van der Waals surface area contributed by atoms with Gasteiger partial charge >= 0.3 is 6.61 Å². The minimum Gasteiger partial charge on any atom is -0.471 e. The van der Waals surface area contributed by atoms with Gasteiger partial charge < -0.3 is 29.7 Å². The number of nitrogens with zero attached hydrogens (tertiary/aromatic N) is 4. The number of aliphatic hydroxyl groups is 2. The Hall–Kier alpha value is -3.14. The van der Waals surface area contributed by atoms with Crippen LogP contribution < -0.4 is 14.8 Å². The minimum absolute atomic E-state index is 0.0139. The molecule has 0 aliphatic carbocycles. The zero-order chi connectivity index (χ0) is 26.7. The maximum absolute atomic E-state index is 12.4. The van der Waals surface area contributed by atoms with E-state index < -0.39 is 41.0 Å². The van der Waals surface area contributed by atoms with Gasteiger partial charge in [0.05, 0.1) is 11.9 Å². The number of halogens is 2. The fourth-order valence-electron chi connectivity index (χ4n) is 3.85. The SMILES string of the molecule is C[C@H]1O[C@@H](n2c(NCCCS(C)(=O)=O)nc3c(OCc4ccc(OC(F)F)cc4)ncnc32)[C@H](O)[C@@H]1O. The van der Waals surface area contributed by atoms with Gasteiger partial charge in [0.1, 0.15) is 40.7 Å². The topological polar surface area (TPSA) is 158 Å². The van der Waals surface area contributed by atoms with Gasteiger partial charge in [0.15, 0.2) is 17.4 Å². The highest BCUT2D eigenvalue weighted by molar-refractivity contribution is 7.90.